The summed E-state index contributed by atoms with van der Waals surface area (Å²) in [6, 6.07) is 75.1. The van der Waals surface area contributed by atoms with Crippen LogP contribution in [-0.4, -0.2) is 24.1 Å². The van der Waals surface area contributed by atoms with Crippen LogP contribution in [0.3, 0.4) is 0 Å². The van der Waals surface area contributed by atoms with Gasteiger partial charge in [0, 0.05) is 49.3 Å². The molecule has 0 fully saturated rings. The maximum Gasteiger partial charge on any atom is 0.164 e. The highest BCUT2D eigenvalue weighted by atomic mass is 15.0. The molecule has 12 aromatic rings. The van der Waals surface area contributed by atoms with Crippen molar-refractivity contribution in [2.75, 3.05) is 0 Å². The molecular weight excluding hydrogens is 731 g/mol. The highest BCUT2D eigenvalue weighted by Crippen LogP contribution is 2.41. The van der Waals surface area contributed by atoms with Crippen LogP contribution >= 0.6 is 0 Å². The molecule has 280 valence electrons. The Balaban J connectivity index is 1.03. The van der Waals surface area contributed by atoms with E-state index >= 15 is 0 Å². The minimum absolute atomic E-state index is 0.631. The Morgan fingerprint density at radius 3 is 1.42 bits per heavy atom. The van der Waals surface area contributed by atoms with E-state index in [4.69, 9.17) is 15.0 Å². The average molecular weight is 766 g/mol. The molecule has 0 saturated heterocycles. The summed E-state index contributed by atoms with van der Waals surface area (Å²) in [6.45, 7) is 0. The van der Waals surface area contributed by atoms with Crippen LogP contribution in [0.15, 0.2) is 212 Å². The minimum Gasteiger partial charge on any atom is -0.309 e. The molecule has 0 aliphatic heterocycles. The lowest BCUT2D eigenvalue weighted by Gasteiger charge is -2.14. The average Bonchev–Trinajstić information content (AvgIpc) is 3.83. The number of rotatable bonds is 6. The van der Waals surface area contributed by atoms with Gasteiger partial charge in [0.25, 0.3) is 0 Å². The van der Waals surface area contributed by atoms with Crippen molar-refractivity contribution in [2.45, 2.75) is 0 Å². The van der Waals surface area contributed by atoms with E-state index in [1.54, 1.807) is 0 Å². The van der Waals surface area contributed by atoms with Crippen LogP contribution < -0.4 is 0 Å². The Hall–Kier alpha value is -8.15. The van der Waals surface area contributed by atoms with E-state index in [1.165, 1.54) is 43.7 Å². The van der Waals surface area contributed by atoms with Crippen molar-refractivity contribution in [1.82, 2.24) is 24.1 Å². The highest BCUT2D eigenvalue weighted by Gasteiger charge is 2.20. The van der Waals surface area contributed by atoms with Crippen molar-refractivity contribution in [2.24, 2.45) is 0 Å². The summed E-state index contributed by atoms with van der Waals surface area (Å²) < 4.78 is 4.83. The van der Waals surface area contributed by atoms with Crippen molar-refractivity contribution >= 4 is 54.4 Å². The van der Waals surface area contributed by atoms with E-state index < -0.39 is 0 Å². The second-order valence-electron chi connectivity index (χ2n) is 15.3. The lowest BCUT2D eigenvalue weighted by Crippen LogP contribution is -2.00. The Kier molecular flexibility index (Phi) is 7.78. The third kappa shape index (κ3) is 5.52. The number of para-hydroxylation sites is 3. The predicted octanol–water partition coefficient (Wildman–Crippen LogP) is 13.9. The van der Waals surface area contributed by atoms with E-state index in [9.17, 15) is 0 Å². The number of fused-ring (bicyclic) bond motifs is 7. The number of nitrogens with zero attached hydrogens (tertiary/aromatic N) is 5. The topological polar surface area (TPSA) is 48.5 Å². The molecule has 0 atom stereocenters. The van der Waals surface area contributed by atoms with Gasteiger partial charge in [-0.25, -0.2) is 15.0 Å². The normalized spacial score (nSPS) is 11.7. The summed E-state index contributed by atoms with van der Waals surface area (Å²) in [4.78, 5) is 15.2. The van der Waals surface area contributed by atoms with E-state index in [-0.39, 0.29) is 0 Å². The zero-order valence-corrected chi connectivity index (χ0v) is 32.4. The monoisotopic (exact) mass is 765 g/mol. The van der Waals surface area contributed by atoms with Gasteiger partial charge in [-0.3, -0.25) is 0 Å². The first-order chi connectivity index (χ1) is 29.7. The molecule has 3 heterocycles. The summed E-state index contributed by atoms with van der Waals surface area (Å²) in [5.74, 6) is 1.91. The van der Waals surface area contributed by atoms with Crippen molar-refractivity contribution in [1.29, 1.82) is 0 Å². The molecular formula is C55H35N5. The number of hydrogen-bond donors (Lipinski definition) is 0. The maximum atomic E-state index is 5.11. The fourth-order valence-electron chi connectivity index (χ4n) is 8.94. The van der Waals surface area contributed by atoms with Crippen LogP contribution in [0.25, 0.3) is 111 Å². The van der Waals surface area contributed by atoms with Gasteiger partial charge < -0.3 is 9.13 Å². The quantitative estimate of drug-likeness (QED) is 0.169. The molecule has 0 saturated carbocycles. The smallest absolute Gasteiger partial charge is 0.164 e. The first-order valence-corrected chi connectivity index (χ1v) is 20.3. The molecule has 5 nitrogen and oxygen atoms in total. The van der Waals surface area contributed by atoms with Gasteiger partial charge in [0.15, 0.2) is 17.5 Å². The lowest BCUT2D eigenvalue weighted by atomic mass is 10.0. The van der Waals surface area contributed by atoms with Gasteiger partial charge in [-0.2, -0.15) is 0 Å². The molecule has 0 aliphatic rings. The van der Waals surface area contributed by atoms with Crippen molar-refractivity contribution < 1.29 is 0 Å². The second-order valence-corrected chi connectivity index (χ2v) is 15.3. The van der Waals surface area contributed by atoms with Gasteiger partial charge in [0.05, 0.1) is 27.8 Å². The van der Waals surface area contributed by atoms with Crippen LogP contribution in [0.5, 0.6) is 0 Å². The third-order valence-corrected chi connectivity index (χ3v) is 11.8. The van der Waals surface area contributed by atoms with Crippen LogP contribution in [0.1, 0.15) is 0 Å². The Morgan fingerprint density at radius 2 is 0.750 bits per heavy atom. The molecule has 0 unspecified atom stereocenters. The van der Waals surface area contributed by atoms with E-state index in [0.717, 1.165) is 49.9 Å². The molecule has 60 heavy (non-hydrogen) atoms. The maximum absolute atomic E-state index is 5.11. The molecule has 0 N–H and O–H groups in total. The van der Waals surface area contributed by atoms with Crippen LogP contribution in [0.4, 0.5) is 0 Å². The Morgan fingerprint density at radius 1 is 0.267 bits per heavy atom. The molecule has 0 amide bonds. The molecule has 0 radical (unpaired) electrons. The number of hydrogen-bond acceptors (Lipinski definition) is 3. The van der Waals surface area contributed by atoms with Crippen LogP contribution in [0, 0.1) is 0 Å². The van der Waals surface area contributed by atoms with Gasteiger partial charge in [0.2, 0.25) is 0 Å². The Bertz CT molecular complexity index is 3570. The first kappa shape index (κ1) is 33.9. The van der Waals surface area contributed by atoms with Crippen LogP contribution in [-0.2, 0) is 0 Å². The molecule has 0 aliphatic carbocycles. The first-order valence-electron chi connectivity index (χ1n) is 20.3. The Labute approximate surface area is 346 Å². The van der Waals surface area contributed by atoms with Crippen molar-refractivity contribution in [3.8, 4) is 56.7 Å². The van der Waals surface area contributed by atoms with Crippen molar-refractivity contribution in [3.05, 3.63) is 212 Å². The molecule has 3 aromatic heterocycles. The summed E-state index contributed by atoms with van der Waals surface area (Å²) in [7, 11) is 0. The molecule has 12 rings (SSSR count). The van der Waals surface area contributed by atoms with Gasteiger partial charge >= 0.3 is 0 Å². The second kappa shape index (κ2) is 13.8. The molecule has 0 bridgehead atoms. The zero-order valence-electron chi connectivity index (χ0n) is 32.4. The number of benzene rings is 9. The predicted molar refractivity (Wildman–Crippen MR) is 248 cm³/mol. The third-order valence-electron chi connectivity index (χ3n) is 11.8. The van der Waals surface area contributed by atoms with Gasteiger partial charge in [-0.15, -0.1) is 0 Å². The molecule has 5 heteroatoms. The number of aromatic nitrogens is 5. The van der Waals surface area contributed by atoms with Gasteiger partial charge in [0.1, 0.15) is 0 Å². The summed E-state index contributed by atoms with van der Waals surface area (Å²) >= 11 is 0. The van der Waals surface area contributed by atoms with Crippen molar-refractivity contribution in [3.63, 3.8) is 0 Å². The molecule has 9 aromatic carbocycles. The fourth-order valence-corrected chi connectivity index (χ4v) is 8.94. The van der Waals surface area contributed by atoms with Crippen LogP contribution in [0.2, 0.25) is 0 Å². The largest absolute Gasteiger partial charge is 0.309 e. The fraction of sp³-hybridized carbons (Fsp3) is 0. The van der Waals surface area contributed by atoms with E-state index in [2.05, 4.69) is 185 Å². The zero-order chi connectivity index (χ0) is 39.6. The highest BCUT2D eigenvalue weighted by molar-refractivity contribution is 6.19. The van der Waals surface area contributed by atoms with Gasteiger partial charge in [-0.05, 0) is 65.0 Å². The van der Waals surface area contributed by atoms with Gasteiger partial charge in [-0.1, -0.05) is 164 Å². The summed E-state index contributed by atoms with van der Waals surface area (Å²) in [6.07, 6.45) is 0. The summed E-state index contributed by atoms with van der Waals surface area (Å²) in [5, 5.41) is 7.18. The lowest BCUT2D eigenvalue weighted by molar-refractivity contribution is 1.07. The van der Waals surface area contributed by atoms with E-state index in [1.807, 2.05) is 36.4 Å². The molecule has 0 spiro atoms. The van der Waals surface area contributed by atoms with E-state index in [0.29, 0.717) is 17.5 Å². The standard InChI is InChI=1S/C55H35N5/c1-4-15-36(16-5-1)37-27-29-39(30-28-37)54-56-53(38-17-6-2-7-18-38)57-55(58-54)41-31-32-43-40(33-41)19-14-26-48(43)60-50-25-13-11-23-45(50)47-34-46-44-22-10-12-24-49(44)59(51(46)35-52(47)60)42-20-8-3-9-21-42/h1-35H. The summed E-state index contributed by atoms with van der Waals surface area (Å²) in [5.41, 5.74) is 12.1. The SMILES string of the molecule is c1ccc(-c2ccc(-c3nc(-c4ccccc4)nc(-c4ccc5c(-n6c7ccccc7c7cc8c9ccccc9n(-c9ccccc9)c8cc76)cccc5c4)n3)cc2)cc1. The minimum atomic E-state index is 0.631.